The number of piperazine rings is 1. The number of pyridine rings is 1. The third-order valence-electron chi connectivity index (χ3n) is 7.23. The highest BCUT2D eigenvalue weighted by Crippen LogP contribution is 2.38. The molecule has 0 spiro atoms. The highest BCUT2D eigenvalue weighted by Gasteiger charge is 2.28. The van der Waals surface area contributed by atoms with E-state index in [1.165, 1.54) is 17.8 Å². The molecule has 0 atom stereocenters. The summed E-state index contributed by atoms with van der Waals surface area (Å²) in [5.41, 5.74) is 2.49. The zero-order chi connectivity index (χ0) is 24.8. The van der Waals surface area contributed by atoms with Crippen molar-refractivity contribution < 1.29 is 14.3 Å². The molecule has 4 aromatic rings. The van der Waals surface area contributed by atoms with E-state index in [0.29, 0.717) is 24.3 Å². The van der Waals surface area contributed by atoms with Crippen LogP contribution in [0, 0.1) is 5.82 Å². The predicted molar refractivity (Wildman–Crippen MR) is 144 cm³/mol. The molecule has 3 heterocycles. The maximum absolute atomic E-state index is 15.2. The van der Waals surface area contributed by atoms with Gasteiger partial charge in [-0.05, 0) is 54.8 Å². The molecule has 2 aliphatic rings. The molecule has 37 heavy (non-hydrogen) atoms. The Morgan fingerprint density at radius 3 is 2.30 bits per heavy atom. The molecule has 9 heteroatoms. The van der Waals surface area contributed by atoms with Crippen LogP contribution in [0.1, 0.15) is 34.8 Å². The highest BCUT2D eigenvalue weighted by molar-refractivity contribution is 5.93. The van der Waals surface area contributed by atoms with Gasteiger partial charge in [-0.15, -0.1) is 12.4 Å². The van der Waals surface area contributed by atoms with E-state index in [2.05, 4.69) is 33.7 Å². The van der Waals surface area contributed by atoms with E-state index in [0.717, 1.165) is 38.2 Å². The third-order valence-corrected chi connectivity index (χ3v) is 7.23. The topological polar surface area (TPSA) is 70.7 Å². The molecule has 2 aromatic carbocycles. The first-order chi connectivity index (χ1) is 17.5. The first-order valence-corrected chi connectivity index (χ1v) is 12.3. The number of hydrogen-bond acceptors (Lipinski definition) is 4. The lowest BCUT2D eigenvalue weighted by molar-refractivity contribution is 0.0695. The molecule has 6 rings (SSSR count). The Labute approximate surface area is 219 Å². The van der Waals surface area contributed by atoms with Crippen molar-refractivity contribution in [1.29, 1.82) is 0 Å². The van der Waals surface area contributed by atoms with Crippen LogP contribution in [0.3, 0.4) is 0 Å². The van der Waals surface area contributed by atoms with Crippen LogP contribution in [0.5, 0.6) is 0 Å². The summed E-state index contributed by atoms with van der Waals surface area (Å²) in [4.78, 5) is 28.7. The second-order valence-electron chi connectivity index (χ2n) is 9.66. The van der Waals surface area contributed by atoms with E-state index in [1.54, 1.807) is 6.07 Å². The molecule has 2 aromatic heterocycles. The standard InChI is InChI=1S/C28H27FN4O3.ClH/c29-24-15-22-25(33(21-7-8-21)18-23(27(22)34)28(35)36)16-26(24)32-13-11-30(12-14-32)17-19-3-5-20(6-4-19)31-9-1-2-10-31;/h1-6,9-10,15-16,18,21H,7-8,11-14,17H2,(H,35,36);1H. The second-order valence-corrected chi connectivity index (χ2v) is 9.66. The van der Waals surface area contributed by atoms with E-state index in [4.69, 9.17) is 0 Å². The van der Waals surface area contributed by atoms with Gasteiger partial charge < -0.3 is 19.1 Å². The van der Waals surface area contributed by atoms with Gasteiger partial charge in [0.15, 0.2) is 0 Å². The van der Waals surface area contributed by atoms with Crippen molar-refractivity contribution in [2.24, 2.45) is 0 Å². The Morgan fingerprint density at radius 2 is 1.68 bits per heavy atom. The maximum atomic E-state index is 15.2. The van der Waals surface area contributed by atoms with E-state index < -0.39 is 17.2 Å². The van der Waals surface area contributed by atoms with Crippen molar-refractivity contribution in [2.75, 3.05) is 31.1 Å². The van der Waals surface area contributed by atoms with Crippen molar-refractivity contribution in [3.63, 3.8) is 0 Å². The summed E-state index contributed by atoms with van der Waals surface area (Å²) >= 11 is 0. The fraction of sp³-hybridized carbons (Fsp3) is 0.286. The SMILES string of the molecule is Cl.O=C(O)c1cn(C2CC2)c2cc(N3CCN(Cc4ccc(-n5cccc5)cc4)CC3)c(F)cc2c1=O. The molecule has 0 bridgehead atoms. The first kappa shape index (κ1) is 25.0. The van der Waals surface area contributed by atoms with Gasteiger partial charge in [-0.1, -0.05) is 12.1 Å². The maximum Gasteiger partial charge on any atom is 0.341 e. The number of hydrogen-bond donors (Lipinski definition) is 1. The number of rotatable bonds is 6. The molecule has 2 fully saturated rings. The van der Waals surface area contributed by atoms with Gasteiger partial charge >= 0.3 is 5.97 Å². The number of aromatic nitrogens is 2. The van der Waals surface area contributed by atoms with Gasteiger partial charge in [-0.3, -0.25) is 9.69 Å². The number of carbonyl (C=O) groups is 1. The van der Waals surface area contributed by atoms with Crippen LogP contribution in [0.4, 0.5) is 10.1 Å². The average Bonchev–Trinajstić information content (AvgIpc) is 3.58. The zero-order valence-corrected chi connectivity index (χ0v) is 21.0. The second kappa shape index (κ2) is 10.0. The summed E-state index contributed by atoms with van der Waals surface area (Å²) in [6, 6.07) is 15.6. The average molecular weight is 523 g/mol. The number of anilines is 1. The summed E-state index contributed by atoms with van der Waals surface area (Å²) in [5, 5.41) is 9.58. The number of nitrogens with zero attached hydrogens (tertiary/aromatic N) is 4. The van der Waals surface area contributed by atoms with Crippen molar-refractivity contribution in [3.8, 4) is 5.69 Å². The monoisotopic (exact) mass is 522 g/mol. The lowest BCUT2D eigenvalue weighted by Crippen LogP contribution is -2.46. The molecule has 0 unspecified atom stereocenters. The Bertz CT molecular complexity index is 1490. The van der Waals surface area contributed by atoms with Crippen molar-refractivity contribution in [1.82, 2.24) is 14.0 Å². The quantitative estimate of drug-likeness (QED) is 0.397. The van der Waals surface area contributed by atoms with Crippen molar-refractivity contribution >= 4 is 35.0 Å². The van der Waals surface area contributed by atoms with Gasteiger partial charge in [-0.2, -0.15) is 0 Å². The lowest BCUT2D eigenvalue weighted by atomic mass is 10.1. The molecule has 1 aliphatic heterocycles. The van der Waals surface area contributed by atoms with E-state index in [-0.39, 0.29) is 29.4 Å². The summed E-state index contributed by atoms with van der Waals surface area (Å²) in [6.45, 7) is 3.77. The number of fused-ring (bicyclic) bond motifs is 1. The Kier molecular flexibility index (Phi) is 6.79. The van der Waals surface area contributed by atoms with Crippen LogP contribution in [0.15, 0.2) is 71.9 Å². The molecule has 0 amide bonds. The minimum Gasteiger partial charge on any atom is -0.477 e. The Hall–Kier alpha value is -3.62. The van der Waals surface area contributed by atoms with Gasteiger partial charge in [-0.25, -0.2) is 9.18 Å². The van der Waals surface area contributed by atoms with Gasteiger partial charge in [0.2, 0.25) is 5.43 Å². The van der Waals surface area contributed by atoms with Gasteiger partial charge in [0.05, 0.1) is 11.2 Å². The molecule has 7 nitrogen and oxygen atoms in total. The largest absolute Gasteiger partial charge is 0.477 e. The Balaban J connectivity index is 0.00000280. The Morgan fingerprint density at radius 1 is 1.00 bits per heavy atom. The normalized spacial score (nSPS) is 16.1. The van der Waals surface area contributed by atoms with Crippen LogP contribution in [-0.4, -0.2) is 51.3 Å². The summed E-state index contributed by atoms with van der Waals surface area (Å²) in [6.07, 6.45) is 7.32. The smallest absolute Gasteiger partial charge is 0.341 e. The number of carboxylic acid groups (broad SMARTS) is 1. The molecule has 1 N–H and O–H groups in total. The van der Waals surface area contributed by atoms with Crippen LogP contribution in [0.25, 0.3) is 16.6 Å². The molecule has 1 aliphatic carbocycles. The summed E-state index contributed by atoms with van der Waals surface area (Å²) < 4.78 is 19.1. The van der Waals surface area contributed by atoms with E-state index >= 15 is 4.39 Å². The fourth-order valence-corrected chi connectivity index (χ4v) is 5.09. The van der Waals surface area contributed by atoms with Crippen LogP contribution in [0.2, 0.25) is 0 Å². The summed E-state index contributed by atoms with van der Waals surface area (Å²) in [7, 11) is 0. The van der Waals surface area contributed by atoms with Crippen molar-refractivity contribution in [3.05, 3.63) is 94.3 Å². The molecular weight excluding hydrogens is 495 g/mol. The van der Waals surface area contributed by atoms with Crippen LogP contribution < -0.4 is 10.3 Å². The lowest BCUT2D eigenvalue weighted by Gasteiger charge is -2.36. The minimum absolute atomic E-state index is 0. The third kappa shape index (κ3) is 4.86. The molecule has 0 radical (unpaired) electrons. The van der Waals surface area contributed by atoms with Crippen LogP contribution in [-0.2, 0) is 6.54 Å². The number of carboxylic acids is 1. The number of aromatic carboxylic acids is 1. The highest BCUT2D eigenvalue weighted by atomic mass is 35.5. The van der Waals surface area contributed by atoms with E-state index in [1.807, 2.05) is 34.0 Å². The first-order valence-electron chi connectivity index (χ1n) is 12.3. The predicted octanol–water partition coefficient (Wildman–Crippen LogP) is 4.71. The summed E-state index contributed by atoms with van der Waals surface area (Å²) in [5.74, 6) is -1.77. The van der Waals surface area contributed by atoms with E-state index in [9.17, 15) is 14.7 Å². The molecule has 1 saturated carbocycles. The van der Waals surface area contributed by atoms with Gasteiger partial charge in [0, 0.05) is 68.4 Å². The molecular formula is C28H28ClFN4O3. The zero-order valence-electron chi connectivity index (χ0n) is 20.2. The minimum atomic E-state index is -1.28. The van der Waals surface area contributed by atoms with Gasteiger partial charge in [0.25, 0.3) is 0 Å². The number of halogens is 2. The molecule has 1 saturated heterocycles. The number of benzene rings is 2. The van der Waals surface area contributed by atoms with Crippen LogP contribution >= 0.6 is 12.4 Å². The van der Waals surface area contributed by atoms with Crippen molar-refractivity contribution in [2.45, 2.75) is 25.4 Å². The molecule has 192 valence electrons. The fourth-order valence-electron chi connectivity index (χ4n) is 5.09. The van der Waals surface area contributed by atoms with Gasteiger partial charge in [0.1, 0.15) is 11.4 Å².